The highest BCUT2D eigenvalue weighted by Gasteiger charge is 2.18. The van der Waals surface area contributed by atoms with E-state index < -0.39 is 0 Å². The van der Waals surface area contributed by atoms with E-state index in [0.29, 0.717) is 6.04 Å². The van der Waals surface area contributed by atoms with Crippen LogP contribution in [0.5, 0.6) is 0 Å². The summed E-state index contributed by atoms with van der Waals surface area (Å²) < 4.78 is 13.9. The van der Waals surface area contributed by atoms with Gasteiger partial charge in [0.15, 0.2) is 0 Å². The molecule has 2 rings (SSSR count). The van der Waals surface area contributed by atoms with Crippen molar-refractivity contribution < 1.29 is 4.39 Å². The second kappa shape index (κ2) is 5.10. The second-order valence-electron chi connectivity index (χ2n) is 3.31. The molecule has 1 nitrogen and oxygen atoms in total. The van der Waals surface area contributed by atoms with Gasteiger partial charge in [-0.1, -0.05) is 15.9 Å². The molecule has 1 aromatic rings. The minimum atomic E-state index is -0.160. The minimum absolute atomic E-state index is 0. The standard InChI is InChI=1S/C10H11BrFN.ClH/c11-9-4-3-7(12)6-8(9)10-2-1-5-13-10;/h3-4,6,10,13H,1-2,5H2;1H/t10-;/m1./s1. The predicted molar refractivity (Wildman–Crippen MR) is 61.3 cm³/mol. The summed E-state index contributed by atoms with van der Waals surface area (Å²) in [4.78, 5) is 0. The van der Waals surface area contributed by atoms with Gasteiger partial charge < -0.3 is 5.32 Å². The molecule has 1 fully saturated rings. The van der Waals surface area contributed by atoms with Gasteiger partial charge in [-0.3, -0.25) is 0 Å². The molecule has 0 spiro atoms. The van der Waals surface area contributed by atoms with E-state index in [1.165, 1.54) is 12.5 Å². The quantitative estimate of drug-likeness (QED) is 0.831. The topological polar surface area (TPSA) is 12.0 Å². The Morgan fingerprint density at radius 3 is 2.86 bits per heavy atom. The van der Waals surface area contributed by atoms with Gasteiger partial charge in [0, 0.05) is 10.5 Å². The summed E-state index contributed by atoms with van der Waals surface area (Å²) in [6.45, 7) is 1.04. The lowest BCUT2D eigenvalue weighted by molar-refractivity contribution is 0.605. The highest BCUT2D eigenvalue weighted by molar-refractivity contribution is 9.10. The molecule has 0 amide bonds. The zero-order valence-corrected chi connectivity index (χ0v) is 10.00. The zero-order valence-electron chi connectivity index (χ0n) is 7.59. The summed E-state index contributed by atoms with van der Waals surface area (Å²) >= 11 is 3.43. The van der Waals surface area contributed by atoms with Gasteiger partial charge in [0.25, 0.3) is 0 Å². The lowest BCUT2D eigenvalue weighted by atomic mass is 10.1. The summed E-state index contributed by atoms with van der Waals surface area (Å²) in [5.41, 5.74) is 1.04. The SMILES string of the molecule is Cl.Fc1ccc(Br)c([C@H]2CCCN2)c1. The van der Waals surface area contributed by atoms with Gasteiger partial charge in [0.2, 0.25) is 0 Å². The van der Waals surface area contributed by atoms with Crippen LogP contribution in [0.15, 0.2) is 22.7 Å². The highest BCUT2D eigenvalue weighted by atomic mass is 79.9. The smallest absolute Gasteiger partial charge is 0.123 e. The summed E-state index contributed by atoms with van der Waals surface area (Å²) in [5, 5.41) is 3.34. The third kappa shape index (κ3) is 2.47. The van der Waals surface area contributed by atoms with Crippen molar-refractivity contribution >= 4 is 28.3 Å². The molecular weight excluding hydrogens is 268 g/mol. The van der Waals surface area contributed by atoms with E-state index in [9.17, 15) is 4.39 Å². The third-order valence-corrected chi connectivity index (χ3v) is 3.12. The van der Waals surface area contributed by atoms with Crippen molar-refractivity contribution in [3.8, 4) is 0 Å². The normalized spacial score (nSPS) is 20.6. The molecule has 1 N–H and O–H groups in total. The van der Waals surface area contributed by atoms with Crippen LogP contribution in [0.4, 0.5) is 4.39 Å². The first-order valence-electron chi connectivity index (χ1n) is 4.46. The van der Waals surface area contributed by atoms with Crippen LogP contribution in [0, 0.1) is 5.82 Å². The largest absolute Gasteiger partial charge is 0.310 e. The number of hydrogen-bond acceptors (Lipinski definition) is 1. The van der Waals surface area contributed by atoms with Gasteiger partial charge in [-0.05, 0) is 43.1 Å². The highest BCUT2D eigenvalue weighted by Crippen LogP contribution is 2.29. The Bertz CT molecular complexity index is 313. The van der Waals surface area contributed by atoms with E-state index >= 15 is 0 Å². The number of nitrogens with one attached hydrogen (secondary N) is 1. The van der Waals surface area contributed by atoms with Crippen molar-refractivity contribution in [3.05, 3.63) is 34.1 Å². The first-order valence-corrected chi connectivity index (χ1v) is 5.25. The molecule has 78 valence electrons. The molecule has 1 atom stereocenters. The van der Waals surface area contributed by atoms with Crippen molar-refractivity contribution in [3.63, 3.8) is 0 Å². The van der Waals surface area contributed by atoms with Crippen LogP contribution in [0.1, 0.15) is 24.4 Å². The summed E-state index contributed by atoms with van der Waals surface area (Å²) in [7, 11) is 0. The zero-order chi connectivity index (χ0) is 9.26. The van der Waals surface area contributed by atoms with Crippen molar-refractivity contribution in [2.24, 2.45) is 0 Å². The molecule has 0 radical (unpaired) electrons. The Morgan fingerprint density at radius 2 is 2.21 bits per heavy atom. The fraction of sp³-hybridized carbons (Fsp3) is 0.400. The molecule has 14 heavy (non-hydrogen) atoms. The van der Waals surface area contributed by atoms with Crippen molar-refractivity contribution in [1.82, 2.24) is 5.32 Å². The van der Waals surface area contributed by atoms with Crippen molar-refractivity contribution in [2.75, 3.05) is 6.54 Å². The minimum Gasteiger partial charge on any atom is -0.310 e. The molecule has 4 heteroatoms. The van der Waals surface area contributed by atoms with Crippen molar-refractivity contribution in [2.45, 2.75) is 18.9 Å². The third-order valence-electron chi connectivity index (χ3n) is 2.39. The fourth-order valence-electron chi connectivity index (χ4n) is 1.73. The van der Waals surface area contributed by atoms with Gasteiger partial charge in [-0.2, -0.15) is 0 Å². The molecule has 1 heterocycles. The van der Waals surface area contributed by atoms with E-state index in [-0.39, 0.29) is 18.2 Å². The van der Waals surface area contributed by atoms with Gasteiger partial charge in [0.05, 0.1) is 0 Å². The van der Waals surface area contributed by atoms with E-state index in [1.54, 1.807) is 12.1 Å². The predicted octanol–water partition coefficient (Wildman–Crippen LogP) is 3.43. The number of halogens is 3. The molecule has 0 saturated carbocycles. The second-order valence-corrected chi connectivity index (χ2v) is 4.17. The van der Waals surface area contributed by atoms with Gasteiger partial charge >= 0.3 is 0 Å². The Morgan fingerprint density at radius 1 is 1.43 bits per heavy atom. The Hall–Kier alpha value is -0.120. The lowest BCUT2D eigenvalue weighted by Crippen LogP contribution is -2.13. The van der Waals surface area contributed by atoms with Gasteiger partial charge in [0.1, 0.15) is 5.82 Å². The van der Waals surface area contributed by atoms with E-state index in [2.05, 4.69) is 21.2 Å². The molecule has 1 saturated heterocycles. The molecule has 1 aliphatic rings. The van der Waals surface area contributed by atoms with Gasteiger partial charge in [-0.25, -0.2) is 4.39 Å². The van der Waals surface area contributed by atoms with E-state index in [0.717, 1.165) is 23.0 Å². The molecule has 0 bridgehead atoms. The van der Waals surface area contributed by atoms with E-state index in [1.807, 2.05) is 0 Å². The van der Waals surface area contributed by atoms with Crippen LogP contribution >= 0.6 is 28.3 Å². The van der Waals surface area contributed by atoms with Crippen LogP contribution in [0.3, 0.4) is 0 Å². The first-order chi connectivity index (χ1) is 6.27. The molecule has 1 aromatic carbocycles. The molecular formula is C10H12BrClFN. The molecule has 1 aliphatic heterocycles. The van der Waals surface area contributed by atoms with Crippen LogP contribution in [0.25, 0.3) is 0 Å². The van der Waals surface area contributed by atoms with Crippen LogP contribution < -0.4 is 5.32 Å². The van der Waals surface area contributed by atoms with Crippen LogP contribution in [-0.2, 0) is 0 Å². The van der Waals surface area contributed by atoms with E-state index in [4.69, 9.17) is 0 Å². The molecule has 0 aromatic heterocycles. The first kappa shape index (κ1) is 12.0. The van der Waals surface area contributed by atoms with Crippen LogP contribution in [-0.4, -0.2) is 6.54 Å². The number of hydrogen-bond donors (Lipinski definition) is 1. The Labute approximate surface area is 97.6 Å². The maximum Gasteiger partial charge on any atom is 0.123 e. The van der Waals surface area contributed by atoms with Gasteiger partial charge in [-0.15, -0.1) is 12.4 Å². The maximum atomic E-state index is 13.0. The Balaban J connectivity index is 0.000000980. The molecule has 0 unspecified atom stereocenters. The lowest BCUT2D eigenvalue weighted by Gasteiger charge is -2.12. The fourth-order valence-corrected chi connectivity index (χ4v) is 2.25. The molecule has 0 aliphatic carbocycles. The number of benzene rings is 1. The summed E-state index contributed by atoms with van der Waals surface area (Å²) in [6, 6.07) is 5.17. The average molecular weight is 281 g/mol. The maximum absolute atomic E-state index is 13.0. The average Bonchev–Trinajstić information content (AvgIpc) is 2.61. The monoisotopic (exact) mass is 279 g/mol. The summed E-state index contributed by atoms with van der Waals surface area (Å²) in [6.07, 6.45) is 2.27. The summed E-state index contributed by atoms with van der Waals surface area (Å²) in [5.74, 6) is -0.160. The number of rotatable bonds is 1. The Kier molecular flexibility index (Phi) is 4.35. The van der Waals surface area contributed by atoms with Crippen molar-refractivity contribution in [1.29, 1.82) is 0 Å². The van der Waals surface area contributed by atoms with Crippen LogP contribution in [0.2, 0.25) is 0 Å².